The van der Waals surface area contributed by atoms with E-state index in [-0.39, 0.29) is 6.61 Å². The molecule has 1 atom stereocenters. The number of aliphatic hydroxyl groups excluding tert-OH is 1. The van der Waals surface area contributed by atoms with Gasteiger partial charge in [-0.1, -0.05) is 18.2 Å². The molecule has 1 aromatic heterocycles. The summed E-state index contributed by atoms with van der Waals surface area (Å²) in [6, 6.07) is 9.50. The van der Waals surface area contributed by atoms with Crippen molar-refractivity contribution in [2.75, 3.05) is 31.6 Å². The average Bonchev–Trinajstić information content (AvgIpc) is 2.85. The summed E-state index contributed by atoms with van der Waals surface area (Å²) in [5.41, 5.74) is 3.05. The molecule has 2 aromatic rings. The van der Waals surface area contributed by atoms with Gasteiger partial charge in [0.15, 0.2) is 0 Å². The predicted molar refractivity (Wildman–Crippen MR) is 87.4 cm³/mol. The zero-order valence-corrected chi connectivity index (χ0v) is 13.1. The van der Waals surface area contributed by atoms with Crippen LogP contribution in [0.25, 0.3) is 0 Å². The van der Waals surface area contributed by atoms with E-state index in [1.54, 1.807) is 0 Å². The number of anilines is 1. The van der Waals surface area contributed by atoms with Crippen LogP contribution in [-0.4, -0.2) is 47.6 Å². The number of hydrogen-bond donors (Lipinski definition) is 4. The van der Waals surface area contributed by atoms with Crippen molar-refractivity contribution >= 4 is 5.69 Å². The van der Waals surface area contributed by atoms with Gasteiger partial charge < -0.3 is 20.5 Å². The number of aromatic nitrogens is 2. The van der Waals surface area contributed by atoms with Gasteiger partial charge in [-0.2, -0.15) is 5.10 Å². The lowest BCUT2D eigenvalue weighted by atomic mass is 10.3. The Morgan fingerprint density at radius 1 is 1.23 bits per heavy atom. The van der Waals surface area contributed by atoms with E-state index in [1.165, 1.54) is 0 Å². The molecule has 0 spiro atoms. The lowest BCUT2D eigenvalue weighted by molar-refractivity contribution is 0.107. The van der Waals surface area contributed by atoms with E-state index in [0.717, 1.165) is 35.9 Å². The first-order valence-corrected chi connectivity index (χ1v) is 7.49. The van der Waals surface area contributed by atoms with Gasteiger partial charge in [-0.3, -0.25) is 5.10 Å². The Morgan fingerprint density at radius 2 is 2.00 bits per heavy atom. The molecule has 0 fully saturated rings. The van der Waals surface area contributed by atoms with Crippen LogP contribution >= 0.6 is 0 Å². The molecule has 1 aromatic carbocycles. The third-order valence-corrected chi connectivity index (χ3v) is 3.30. The summed E-state index contributed by atoms with van der Waals surface area (Å²) in [6.07, 6.45) is -0.530. The van der Waals surface area contributed by atoms with Crippen molar-refractivity contribution in [1.29, 1.82) is 0 Å². The third-order valence-electron chi connectivity index (χ3n) is 3.30. The number of ether oxygens (including phenoxy) is 1. The highest BCUT2D eigenvalue weighted by Gasteiger charge is 2.06. The molecule has 1 unspecified atom stereocenters. The fraction of sp³-hybridized carbons (Fsp3) is 0.438. The number of nitrogens with zero attached hydrogens (tertiary/aromatic N) is 1. The van der Waals surface area contributed by atoms with Gasteiger partial charge in [-0.25, -0.2) is 0 Å². The molecule has 6 heteroatoms. The van der Waals surface area contributed by atoms with Crippen molar-refractivity contribution in [2.24, 2.45) is 0 Å². The highest BCUT2D eigenvalue weighted by molar-refractivity contribution is 5.51. The van der Waals surface area contributed by atoms with E-state index in [2.05, 4.69) is 20.8 Å². The van der Waals surface area contributed by atoms with Crippen molar-refractivity contribution < 1.29 is 9.84 Å². The van der Waals surface area contributed by atoms with Gasteiger partial charge in [0.2, 0.25) is 0 Å². The standard InChI is InChI=1S/C16H24N4O2/c1-12-16(13(2)20-19-12)18-9-8-17-10-14(21)11-22-15-6-4-3-5-7-15/h3-7,14,17-18,21H,8-11H2,1-2H3,(H,19,20). The number of H-pyrrole nitrogens is 1. The average molecular weight is 304 g/mol. The van der Waals surface area contributed by atoms with E-state index < -0.39 is 6.10 Å². The zero-order chi connectivity index (χ0) is 15.8. The molecule has 1 heterocycles. The lowest BCUT2D eigenvalue weighted by Crippen LogP contribution is -2.34. The first-order chi connectivity index (χ1) is 10.7. The lowest BCUT2D eigenvalue weighted by Gasteiger charge is -2.13. The van der Waals surface area contributed by atoms with Crippen LogP contribution in [0.1, 0.15) is 11.4 Å². The minimum atomic E-state index is -0.530. The molecule has 0 aliphatic rings. The Balaban J connectivity index is 1.56. The van der Waals surface area contributed by atoms with Crippen LogP contribution in [0, 0.1) is 13.8 Å². The first kappa shape index (κ1) is 16.3. The normalized spacial score (nSPS) is 12.1. The highest BCUT2D eigenvalue weighted by Crippen LogP contribution is 2.14. The van der Waals surface area contributed by atoms with Gasteiger partial charge in [-0.15, -0.1) is 0 Å². The second-order valence-corrected chi connectivity index (χ2v) is 5.22. The summed E-state index contributed by atoms with van der Waals surface area (Å²) in [4.78, 5) is 0. The number of rotatable bonds is 9. The molecule has 22 heavy (non-hydrogen) atoms. The van der Waals surface area contributed by atoms with Crippen molar-refractivity contribution in [3.63, 3.8) is 0 Å². The van der Waals surface area contributed by atoms with Gasteiger partial charge in [0.05, 0.1) is 17.1 Å². The van der Waals surface area contributed by atoms with E-state index in [4.69, 9.17) is 4.74 Å². The van der Waals surface area contributed by atoms with Crippen molar-refractivity contribution in [1.82, 2.24) is 15.5 Å². The maximum Gasteiger partial charge on any atom is 0.119 e. The zero-order valence-electron chi connectivity index (χ0n) is 13.1. The van der Waals surface area contributed by atoms with E-state index >= 15 is 0 Å². The maximum atomic E-state index is 9.86. The number of aliphatic hydroxyl groups is 1. The molecule has 4 N–H and O–H groups in total. The molecule has 0 aliphatic carbocycles. The summed E-state index contributed by atoms with van der Waals surface area (Å²) in [6.45, 7) is 6.26. The van der Waals surface area contributed by atoms with Crippen LogP contribution < -0.4 is 15.4 Å². The number of aromatic amines is 1. The van der Waals surface area contributed by atoms with E-state index in [9.17, 15) is 5.11 Å². The fourth-order valence-electron chi connectivity index (χ4n) is 2.12. The van der Waals surface area contributed by atoms with E-state index in [1.807, 2.05) is 44.2 Å². The monoisotopic (exact) mass is 304 g/mol. The van der Waals surface area contributed by atoms with Gasteiger partial charge in [0.25, 0.3) is 0 Å². The summed E-state index contributed by atoms with van der Waals surface area (Å²) in [7, 11) is 0. The smallest absolute Gasteiger partial charge is 0.119 e. The topological polar surface area (TPSA) is 82.2 Å². The van der Waals surface area contributed by atoms with E-state index in [0.29, 0.717) is 6.54 Å². The Kier molecular flexibility index (Phi) is 6.24. The van der Waals surface area contributed by atoms with Crippen LogP contribution in [0.2, 0.25) is 0 Å². The molecule has 0 radical (unpaired) electrons. The molecule has 0 bridgehead atoms. The summed E-state index contributed by atoms with van der Waals surface area (Å²) >= 11 is 0. The molecule has 0 amide bonds. The second kappa shape index (κ2) is 8.41. The summed E-state index contributed by atoms with van der Waals surface area (Å²) < 4.78 is 5.50. The minimum Gasteiger partial charge on any atom is -0.491 e. The van der Waals surface area contributed by atoms with Gasteiger partial charge in [-0.05, 0) is 26.0 Å². The van der Waals surface area contributed by atoms with Crippen LogP contribution in [0.3, 0.4) is 0 Å². The Labute approximate surface area is 130 Å². The van der Waals surface area contributed by atoms with Crippen molar-refractivity contribution in [2.45, 2.75) is 20.0 Å². The quantitative estimate of drug-likeness (QED) is 0.527. The Hall–Kier alpha value is -2.05. The summed E-state index contributed by atoms with van der Waals surface area (Å²) in [5, 5.41) is 23.5. The van der Waals surface area contributed by atoms with Gasteiger partial charge in [0, 0.05) is 19.6 Å². The molecular weight excluding hydrogens is 280 g/mol. The number of hydrogen-bond acceptors (Lipinski definition) is 5. The molecule has 6 nitrogen and oxygen atoms in total. The van der Waals surface area contributed by atoms with Crippen LogP contribution in [0.5, 0.6) is 5.75 Å². The fourth-order valence-corrected chi connectivity index (χ4v) is 2.12. The molecule has 0 aliphatic heterocycles. The first-order valence-electron chi connectivity index (χ1n) is 7.49. The Bertz CT molecular complexity index is 537. The number of aryl methyl sites for hydroxylation is 2. The van der Waals surface area contributed by atoms with Crippen molar-refractivity contribution in [3.05, 3.63) is 41.7 Å². The third kappa shape index (κ3) is 5.05. The van der Waals surface area contributed by atoms with Gasteiger partial charge in [0.1, 0.15) is 18.5 Å². The number of benzene rings is 1. The molecule has 2 rings (SSSR count). The number of nitrogens with one attached hydrogen (secondary N) is 3. The summed E-state index contributed by atoms with van der Waals surface area (Å²) in [5.74, 6) is 0.772. The molecular formula is C16H24N4O2. The highest BCUT2D eigenvalue weighted by atomic mass is 16.5. The van der Waals surface area contributed by atoms with Crippen LogP contribution in [0.4, 0.5) is 5.69 Å². The largest absolute Gasteiger partial charge is 0.491 e. The minimum absolute atomic E-state index is 0.282. The second-order valence-electron chi connectivity index (χ2n) is 5.22. The molecule has 0 saturated carbocycles. The van der Waals surface area contributed by atoms with Crippen LogP contribution in [0.15, 0.2) is 30.3 Å². The predicted octanol–water partition coefficient (Wildman–Crippen LogP) is 1.47. The SMILES string of the molecule is Cc1n[nH]c(C)c1NCCNCC(O)COc1ccccc1. The molecule has 0 saturated heterocycles. The van der Waals surface area contributed by atoms with Gasteiger partial charge >= 0.3 is 0 Å². The maximum absolute atomic E-state index is 9.86. The number of para-hydroxylation sites is 1. The molecule has 120 valence electrons. The Morgan fingerprint density at radius 3 is 2.68 bits per heavy atom. The van der Waals surface area contributed by atoms with Crippen molar-refractivity contribution in [3.8, 4) is 5.75 Å². The van der Waals surface area contributed by atoms with Crippen LogP contribution in [-0.2, 0) is 0 Å².